The van der Waals surface area contributed by atoms with Crippen molar-refractivity contribution in [2.45, 2.75) is 18.8 Å². The molecule has 0 aliphatic carbocycles. The number of fused-ring (bicyclic) bond motifs is 2. The molecule has 1 aromatic carbocycles. The van der Waals surface area contributed by atoms with Gasteiger partial charge in [-0.2, -0.15) is 5.10 Å². The Labute approximate surface area is 153 Å². The molecule has 3 aromatic heterocycles. The lowest BCUT2D eigenvalue weighted by Crippen LogP contribution is -2.26. The number of thiazole rings is 1. The van der Waals surface area contributed by atoms with Crippen LogP contribution in [0.4, 0.5) is 0 Å². The van der Waals surface area contributed by atoms with E-state index in [0.717, 1.165) is 47.4 Å². The fourth-order valence-corrected chi connectivity index (χ4v) is 4.63. The maximum absolute atomic E-state index is 12.6. The first-order chi connectivity index (χ1) is 12.7. The number of aryl methyl sites for hydroxylation is 1. The van der Waals surface area contributed by atoms with Crippen LogP contribution in [0.5, 0.6) is 0 Å². The molecule has 0 amide bonds. The average molecular weight is 366 g/mol. The topological polar surface area (TPSA) is 88.5 Å². The minimum absolute atomic E-state index is 0.173. The molecule has 5 rings (SSSR count). The number of nitrogens with zero attached hydrogens (tertiary/aromatic N) is 4. The molecule has 0 unspecified atom stereocenters. The molecule has 8 heteroatoms. The van der Waals surface area contributed by atoms with Gasteiger partial charge in [0.2, 0.25) is 0 Å². The van der Waals surface area contributed by atoms with Crippen LogP contribution in [0, 0.1) is 0 Å². The average Bonchev–Trinajstić information content (AvgIpc) is 3.24. The highest BCUT2D eigenvalue weighted by Crippen LogP contribution is 2.31. The van der Waals surface area contributed by atoms with Crippen molar-refractivity contribution < 1.29 is 0 Å². The predicted octanol–water partition coefficient (Wildman–Crippen LogP) is 2.40. The Kier molecular flexibility index (Phi) is 3.61. The van der Waals surface area contributed by atoms with Crippen LogP contribution in [-0.4, -0.2) is 37.8 Å². The van der Waals surface area contributed by atoms with Crippen molar-refractivity contribution in [2.75, 3.05) is 13.1 Å². The Morgan fingerprint density at radius 2 is 2.08 bits per heavy atom. The van der Waals surface area contributed by atoms with Gasteiger partial charge in [0.05, 0.1) is 10.5 Å². The third-order valence-electron chi connectivity index (χ3n) is 4.87. The number of hydrogen-bond acceptors (Lipinski definition) is 6. The molecule has 7 nitrogen and oxygen atoms in total. The van der Waals surface area contributed by atoms with Gasteiger partial charge in [0.25, 0.3) is 5.56 Å². The van der Waals surface area contributed by atoms with E-state index in [1.807, 2.05) is 31.4 Å². The SMILES string of the molecule is Cn1cc2cc(-c3nc4sc(C5CCNCC5)nc4c(=O)[nH]3)ccc2n1. The second kappa shape index (κ2) is 6.00. The van der Waals surface area contributed by atoms with Gasteiger partial charge in [-0.05, 0) is 44.1 Å². The zero-order valence-electron chi connectivity index (χ0n) is 14.3. The Morgan fingerprint density at radius 1 is 1.23 bits per heavy atom. The molecule has 0 spiro atoms. The zero-order chi connectivity index (χ0) is 17.7. The molecule has 0 atom stereocenters. The summed E-state index contributed by atoms with van der Waals surface area (Å²) in [4.78, 5) is 25.4. The smallest absolute Gasteiger partial charge is 0.278 e. The normalized spacial score (nSPS) is 15.9. The largest absolute Gasteiger partial charge is 0.317 e. The fourth-order valence-electron chi connectivity index (χ4n) is 3.52. The summed E-state index contributed by atoms with van der Waals surface area (Å²) in [6.07, 6.45) is 4.07. The number of piperidine rings is 1. The Bertz CT molecular complexity index is 1170. The lowest BCUT2D eigenvalue weighted by atomic mass is 9.99. The minimum Gasteiger partial charge on any atom is -0.317 e. The fraction of sp³-hybridized carbons (Fsp3) is 0.333. The molecule has 0 saturated carbocycles. The van der Waals surface area contributed by atoms with E-state index in [4.69, 9.17) is 4.98 Å². The van der Waals surface area contributed by atoms with Crippen LogP contribution >= 0.6 is 11.3 Å². The summed E-state index contributed by atoms with van der Waals surface area (Å²) in [6, 6.07) is 5.89. The molecule has 1 aliphatic rings. The van der Waals surface area contributed by atoms with Gasteiger partial charge in [0, 0.05) is 30.1 Å². The Hall–Kier alpha value is -2.58. The van der Waals surface area contributed by atoms with Crippen LogP contribution in [0.3, 0.4) is 0 Å². The van der Waals surface area contributed by atoms with Crippen molar-refractivity contribution in [1.82, 2.24) is 30.0 Å². The highest BCUT2D eigenvalue weighted by Gasteiger charge is 2.21. The summed E-state index contributed by atoms with van der Waals surface area (Å²) in [5.74, 6) is 0.999. The minimum atomic E-state index is -0.173. The van der Waals surface area contributed by atoms with E-state index in [1.165, 1.54) is 0 Å². The van der Waals surface area contributed by atoms with Crippen LogP contribution in [0.1, 0.15) is 23.8 Å². The van der Waals surface area contributed by atoms with E-state index < -0.39 is 0 Å². The van der Waals surface area contributed by atoms with Crippen LogP contribution in [0.25, 0.3) is 32.6 Å². The summed E-state index contributed by atoms with van der Waals surface area (Å²) >= 11 is 1.55. The third kappa shape index (κ3) is 2.62. The number of rotatable bonds is 2. The van der Waals surface area contributed by atoms with Crippen molar-refractivity contribution in [3.05, 3.63) is 39.8 Å². The summed E-state index contributed by atoms with van der Waals surface area (Å²) in [5, 5.41) is 9.79. The van der Waals surface area contributed by atoms with Crippen molar-refractivity contribution in [3.8, 4) is 11.4 Å². The molecule has 1 aliphatic heterocycles. The highest BCUT2D eigenvalue weighted by molar-refractivity contribution is 7.18. The molecule has 0 bridgehead atoms. The number of aromatic nitrogens is 5. The number of hydrogen-bond donors (Lipinski definition) is 2. The maximum Gasteiger partial charge on any atom is 0.278 e. The lowest BCUT2D eigenvalue weighted by Gasteiger charge is -2.20. The summed E-state index contributed by atoms with van der Waals surface area (Å²) in [5.41, 5.74) is 2.08. The van der Waals surface area contributed by atoms with Crippen LogP contribution in [0.15, 0.2) is 29.2 Å². The Morgan fingerprint density at radius 3 is 2.92 bits per heavy atom. The summed E-state index contributed by atoms with van der Waals surface area (Å²) < 4.78 is 1.78. The van der Waals surface area contributed by atoms with Gasteiger partial charge in [0.15, 0.2) is 10.3 Å². The second-order valence-electron chi connectivity index (χ2n) is 6.72. The number of aromatic amines is 1. The number of H-pyrrole nitrogens is 1. The third-order valence-corrected chi connectivity index (χ3v) is 5.98. The molecule has 0 radical (unpaired) electrons. The van der Waals surface area contributed by atoms with E-state index in [1.54, 1.807) is 16.0 Å². The van der Waals surface area contributed by atoms with Crippen molar-refractivity contribution in [1.29, 1.82) is 0 Å². The molecular formula is C18H18N6OS. The van der Waals surface area contributed by atoms with E-state index in [0.29, 0.717) is 22.1 Å². The molecule has 26 heavy (non-hydrogen) atoms. The van der Waals surface area contributed by atoms with Crippen molar-refractivity contribution in [2.24, 2.45) is 7.05 Å². The molecule has 4 heterocycles. The van der Waals surface area contributed by atoms with Crippen molar-refractivity contribution in [3.63, 3.8) is 0 Å². The van der Waals surface area contributed by atoms with Crippen LogP contribution in [-0.2, 0) is 7.05 Å². The lowest BCUT2D eigenvalue weighted by molar-refractivity contribution is 0.459. The van der Waals surface area contributed by atoms with Gasteiger partial charge >= 0.3 is 0 Å². The molecule has 1 saturated heterocycles. The summed E-state index contributed by atoms with van der Waals surface area (Å²) in [7, 11) is 1.89. The van der Waals surface area contributed by atoms with E-state index in [9.17, 15) is 4.79 Å². The quantitative estimate of drug-likeness (QED) is 0.569. The van der Waals surface area contributed by atoms with E-state index >= 15 is 0 Å². The first kappa shape index (κ1) is 15.7. The number of benzene rings is 1. The standard InChI is InChI=1S/C18H18N6OS/c1-24-9-12-8-11(2-3-13(12)23-24)15-21-16(25)14-18(22-15)26-17(20-14)10-4-6-19-7-5-10/h2-3,8-10,19H,4-7H2,1H3,(H,21,22,25). The molecular weight excluding hydrogens is 348 g/mol. The van der Waals surface area contributed by atoms with Gasteiger partial charge in [-0.1, -0.05) is 11.3 Å². The monoisotopic (exact) mass is 366 g/mol. The van der Waals surface area contributed by atoms with E-state index in [-0.39, 0.29) is 5.56 Å². The summed E-state index contributed by atoms with van der Waals surface area (Å²) in [6.45, 7) is 2.00. The van der Waals surface area contributed by atoms with Gasteiger partial charge in [-0.3, -0.25) is 9.48 Å². The molecule has 4 aromatic rings. The van der Waals surface area contributed by atoms with Crippen molar-refractivity contribution >= 4 is 32.6 Å². The molecule has 2 N–H and O–H groups in total. The van der Waals surface area contributed by atoms with Gasteiger partial charge in [0.1, 0.15) is 5.82 Å². The van der Waals surface area contributed by atoms with Crippen LogP contribution in [0.2, 0.25) is 0 Å². The Balaban J connectivity index is 1.60. The van der Waals surface area contributed by atoms with E-state index in [2.05, 4.69) is 20.4 Å². The van der Waals surface area contributed by atoms with Crippen LogP contribution < -0.4 is 10.9 Å². The maximum atomic E-state index is 12.6. The second-order valence-corrected chi connectivity index (χ2v) is 7.73. The molecule has 132 valence electrons. The zero-order valence-corrected chi connectivity index (χ0v) is 15.1. The highest BCUT2D eigenvalue weighted by atomic mass is 32.1. The van der Waals surface area contributed by atoms with Gasteiger partial charge < -0.3 is 10.3 Å². The first-order valence-electron chi connectivity index (χ1n) is 8.72. The van der Waals surface area contributed by atoms with Gasteiger partial charge in [-0.15, -0.1) is 0 Å². The molecule has 1 fully saturated rings. The number of nitrogens with one attached hydrogen (secondary N) is 2. The first-order valence-corrected chi connectivity index (χ1v) is 9.54. The van der Waals surface area contributed by atoms with Gasteiger partial charge in [-0.25, -0.2) is 9.97 Å². The predicted molar refractivity (Wildman–Crippen MR) is 103 cm³/mol.